The van der Waals surface area contributed by atoms with E-state index in [1.807, 2.05) is 6.08 Å². The van der Waals surface area contributed by atoms with Gasteiger partial charge < -0.3 is 9.13 Å². The standard InChI is InChI=1S/C32H22N2/c1-2-22-11-10-14-24(21-22)34-28-17-8-6-15-25(28)26-19-20-30-31(32(26)34)27-16-7-9-18-29(27)33(30)23-12-4-3-5-13-23/h2-21H,1H2. The Morgan fingerprint density at radius 2 is 1.18 bits per heavy atom. The summed E-state index contributed by atoms with van der Waals surface area (Å²) in [7, 11) is 0. The molecule has 34 heavy (non-hydrogen) atoms. The van der Waals surface area contributed by atoms with Crippen molar-refractivity contribution in [3.05, 3.63) is 127 Å². The Kier molecular flexibility index (Phi) is 4.03. The first kappa shape index (κ1) is 19.0. The molecule has 0 aliphatic carbocycles. The molecule has 160 valence electrons. The molecule has 0 saturated carbocycles. The summed E-state index contributed by atoms with van der Waals surface area (Å²) in [5.74, 6) is 0. The van der Waals surface area contributed by atoms with Crippen molar-refractivity contribution in [1.29, 1.82) is 0 Å². The Bertz CT molecular complexity index is 1870. The van der Waals surface area contributed by atoms with Gasteiger partial charge in [-0.1, -0.05) is 85.5 Å². The van der Waals surface area contributed by atoms with Crippen molar-refractivity contribution in [3.63, 3.8) is 0 Å². The van der Waals surface area contributed by atoms with Gasteiger partial charge in [0.2, 0.25) is 0 Å². The van der Waals surface area contributed by atoms with Gasteiger partial charge in [-0.15, -0.1) is 0 Å². The monoisotopic (exact) mass is 434 g/mol. The fourth-order valence-electron chi connectivity index (χ4n) is 5.42. The summed E-state index contributed by atoms with van der Waals surface area (Å²) in [6.45, 7) is 3.99. The van der Waals surface area contributed by atoms with E-state index in [0.29, 0.717) is 0 Å². The predicted octanol–water partition coefficient (Wildman–Crippen LogP) is 8.52. The molecule has 0 aliphatic rings. The molecule has 5 aromatic carbocycles. The van der Waals surface area contributed by atoms with Gasteiger partial charge >= 0.3 is 0 Å². The fraction of sp³-hybridized carbons (Fsp3) is 0. The summed E-state index contributed by atoms with van der Waals surface area (Å²) < 4.78 is 4.80. The number of benzene rings is 5. The molecule has 0 spiro atoms. The molecule has 0 aliphatic heterocycles. The van der Waals surface area contributed by atoms with Crippen LogP contribution in [-0.2, 0) is 0 Å². The maximum atomic E-state index is 3.99. The lowest BCUT2D eigenvalue weighted by Gasteiger charge is -2.10. The highest BCUT2D eigenvalue weighted by Gasteiger charge is 2.20. The smallest absolute Gasteiger partial charge is 0.0641 e. The van der Waals surface area contributed by atoms with Gasteiger partial charge in [0, 0.05) is 32.9 Å². The maximum Gasteiger partial charge on any atom is 0.0641 e. The number of fused-ring (bicyclic) bond motifs is 7. The number of hydrogen-bond acceptors (Lipinski definition) is 0. The van der Waals surface area contributed by atoms with Crippen LogP contribution < -0.4 is 0 Å². The van der Waals surface area contributed by atoms with Gasteiger partial charge in [-0.2, -0.15) is 0 Å². The molecule has 0 fully saturated rings. The molecule has 2 heteroatoms. The van der Waals surface area contributed by atoms with Gasteiger partial charge in [-0.05, 0) is 48.0 Å². The Labute approximate surface area is 197 Å². The zero-order chi connectivity index (χ0) is 22.6. The highest BCUT2D eigenvalue weighted by molar-refractivity contribution is 6.26. The average Bonchev–Trinajstić information content (AvgIpc) is 3.42. The normalized spacial score (nSPS) is 11.6. The van der Waals surface area contributed by atoms with Crippen LogP contribution in [0, 0.1) is 0 Å². The van der Waals surface area contributed by atoms with Crippen LogP contribution in [0.25, 0.3) is 61.1 Å². The van der Waals surface area contributed by atoms with Crippen molar-refractivity contribution in [1.82, 2.24) is 9.13 Å². The number of hydrogen-bond donors (Lipinski definition) is 0. The van der Waals surface area contributed by atoms with Crippen LogP contribution >= 0.6 is 0 Å². The Hall–Kier alpha value is -4.56. The molecule has 2 heterocycles. The third-order valence-corrected chi connectivity index (χ3v) is 6.85. The molecule has 0 atom stereocenters. The first-order valence-corrected chi connectivity index (χ1v) is 11.6. The van der Waals surface area contributed by atoms with Crippen LogP contribution in [0.1, 0.15) is 5.56 Å². The summed E-state index contributed by atoms with van der Waals surface area (Å²) in [5.41, 5.74) is 8.31. The van der Waals surface area contributed by atoms with Crippen molar-refractivity contribution in [2.45, 2.75) is 0 Å². The van der Waals surface area contributed by atoms with Gasteiger partial charge in [0.15, 0.2) is 0 Å². The van der Waals surface area contributed by atoms with Crippen LogP contribution in [0.4, 0.5) is 0 Å². The van der Waals surface area contributed by atoms with Crippen molar-refractivity contribution in [3.8, 4) is 11.4 Å². The lowest BCUT2D eigenvalue weighted by atomic mass is 10.1. The molecule has 0 saturated heterocycles. The van der Waals surface area contributed by atoms with Gasteiger partial charge in [0.25, 0.3) is 0 Å². The van der Waals surface area contributed by atoms with Crippen LogP contribution in [0.3, 0.4) is 0 Å². The van der Waals surface area contributed by atoms with E-state index in [0.717, 1.165) is 11.3 Å². The lowest BCUT2D eigenvalue weighted by Crippen LogP contribution is -1.95. The third kappa shape index (κ3) is 2.57. The van der Waals surface area contributed by atoms with E-state index < -0.39 is 0 Å². The van der Waals surface area contributed by atoms with Crippen molar-refractivity contribution in [2.24, 2.45) is 0 Å². The van der Waals surface area contributed by atoms with Gasteiger partial charge in [0.1, 0.15) is 0 Å². The van der Waals surface area contributed by atoms with Gasteiger partial charge in [-0.25, -0.2) is 0 Å². The third-order valence-electron chi connectivity index (χ3n) is 6.85. The van der Waals surface area contributed by atoms with Crippen molar-refractivity contribution < 1.29 is 0 Å². The van der Waals surface area contributed by atoms with E-state index in [4.69, 9.17) is 0 Å². The first-order chi connectivity index (χ1) is 16.8. The highest BCUT2D eigenvalue weighted by atomic mass is 15.0. The van der Waals surface area contributed by atoms with E-state index >= 15 is 0 Å². The van der Waals surface area contributed by atoms with Crippen molar-refractivity contribution in [2.75, 3.05) is 0 Å². The van der Waals surface area contributed by atoms with E-state index in [9.17, 15) is 0 Å². The quantitative estimate of drug-likeness (QED) is 0.264. The second-order valence-corrected chi connectivity index (χ2v) is 8.70. The van der Waals surface area contributed by atoms with E-state index in [1.54, 1.807) is 0 Å². The Morgan fingerprint density at radius 3 is 1.97 bits per heavy atom. The minimum atomic E-state index is 1.11. The topological polar surface area (TPSA) is 9.86 Å². The van der Waals surface area contributed by atoms with Gasteiger partial charge in [0.05, 0.1) is 22.1 Å². The second-order valence-electron chi connectivity index (χ2n) is 8.70. The zero-order valence-electron chi connectivity index (χ0n) is 18.6. The zero-order valence-corrected chi connectivity index (χ0v) is 18.6. The lowest BCUT2D eigenvalue weighted by molar-refractivity contribution is 1.17. The summed E-state index contributed by atoms with van der Waals surface area (Å²) in [6, 6.07) is 41.3. The molecule has 0 N–H and O–H groups in total. The molecule has 7 rings (SSSR count). The molecule has 0 bridgehead atoms. The molecule has 0 radical (unpaired) electrons. The average molecular weight is 435 g/mol. The Balaban J connectivity index is 1.75. The predicted molar refractivity (Wildman–Crippen MR) is 145 cm³/mol. The number of nitrogens with zero attached hydrogens (tertiary/aromatic N) is 2. The summed E-state index contributed by atoms with van der Waals surface area (Å²) in [4.78, 5) is 0. The summed E-state index contributed by atoms with van der Waals surface area (Å²) in [5, 5.41) is 5.07. The second kappa shape index (κ2) is 7.23. The highest BCUT2D eigenvalue weighted by Crippen LogP contribution is 2.41. The van der Waals surface area contributed by atoms with E-state index in [-0.39, 0.29) is 0 Å². The first-order valence-electron chi connectivity index (χ1n) is 11.6. The SMILES string of the molecule is C=Cc1cccc(-n2c3ccccc3c3ccc4c(c5ccccc5n4-c4ccccc4)c32)c1. The van der Waals surface area contributed by atoms with E-state index in [1.165, 1.54) is 49.3 Å². The fourth-order valence-corrected chi connectivity index (χ4v) is 5.42. The summed E-state index contributed by atoms with van der Waals surface area (Å²) in [6.07, 6.45) is 1.91. The molecular formula is C32H22N2. The van der Waals surface area contributed by atoms with Crippen LogP contribution in [-0.4, -0.2) is 9.13 Å². The minimum Gasteiger partial charge on any atom is -0.309 e. The number of aromatic nitrogens is 2. The van der Waals surface area contributed by atoms with Crippen LogP contribution in [0.5, 0.6) is 0 Å². The van der Waals surface area contributed by atoms with Crippen LogP contribution in [0.2, 0.25) is 0 Å². The summed E-state index contributed by atoms with van der Waals surface area (Å²) >= 11 is 0. The molecular weight excluding hydrogens is 412 g/mol. The molecule has 2 nitrogen and oxygen atoms in total. The number of para-hydroxylation sites is 3. The molecule has 0 unspecified atom stereocenters. The molecule has 0 amide bonds. The minimum absolute atomic E-state index is 1.11. The largest absolute Gasteiger partial charge is 0.309 e. The maximum absolute atomic E-state index is 3.99. The van der Waals surface area contributed by atoms with Gasteiger partial charge in [-0.3, -0.25) is 0 Å². The molecule has 7 aromatic rings. The number of rotatable bonds is 3. The molecule has 2 aromatic heterocycles. The van der Waals surface area contributed by atoms with Crippen molar-refractivity contribution >= 4 is 49.7 Å². The Morgan fingerprint density at radius 1 is 0.500 bits per heavy atom. The van der Waals surface area contributed by atoms with E-state index in [2.05, 4.69) is 131 Å². The van der Waals surface area contributed by atoms with Crippen LogP contribution in [0.15, 0.2) is 122 Å².